The molecule has 4 rings (SSSR count). The van der Waals surface area contributed by atoms with Crippen LogP contribution >= 0.6 is 0 Å². The van der Waals surface area contributed by atoms with Crippen LogP contribution in [0.25, 0.3) is 0 Å². The van der Waals surface area contributed by atoms with Crippen molar-refractivity contribution in [2.45, 2.75) is 25.9 Å². The van der Waals surface area contributed by atoms with Gasteiger partial charge in [0.2, 0.25) is 0 Å². The fourth-order valence-corrected chi connectivity index (χ4v) is 4.09. The summed E-state index contributed by atoms with van der Waals surface area (Å²) in [5, 5.41) is 4.61. The second kappa shape index (κ2) is 7.50. The van der Waals surface area contributed by atoms with Crippen molar-refractivity contribution in [2.24, 2.45) is 11.0 Å². The van der Waals surface area contributed by atoms with Gasteiger partial charge in [0.05, 0.1) is 6.04 Å². The average molecular weight is 348 g/mol. The number of benzene rings is 2. The SMILES string of the molecule is CCN(Cc1ccccc1)c1ccc(C2NN=C3CCN(C)CC32)cc1. The van der Waals surface area contributed by atoms with E-state index in [-0.39, 0.29) is 0 Å². The Morgan fingerprint density at radius 1 is 1.12 bits per heavy atom. The lowest BCUT2D eigenvalue weighted by atomic mass is 9.86. The number of rotatable bonds is 5. The molecular weight excluding hydrogens is 320 g/mol. The van der Waals surface area contributed by atoms with Crippen molar-refractivity contribution in [3.05, 3.63) is 65.7 Å². The number of hydrogen-bond donors (Lipinski definition) is 1. The fourth-order valence-electron chi connectivity index (χ4n) is 4.09. The van der Waals surface area contributed by atoms with Crippen molar-refractivity contribution in [1.29, 1.82) is 0 Å². The highest BCUT2D eigenvalue weighted by Crippen LogP contribution is 2.33. The third-order valence-corrected chi connectivity index (χ3v) is 5.65. The van der Waals surface area contributed by atoms with E-state index in [0.29, 0.717) is 12.0 Å². The van der Waals surface area contributed by atoms with Gasteiger partial charge in [-0.3, -0.25) is 0 Å². The minimum absolute atomic E-state index is 0.311. The molecule has 0 aliphatic carbocycles. The van der Waals surface area contributed by atoms with Gasteiger partial charge in [-0.25, -0.2) is 0 Å². The predicted molar refractivity (Wildman–Crippen MR) is 109 cm³/mol. The summed E-state index contributed by atoms with van der Waals surface area (Å²) in [7, 11) is 2.21. The zero-order chi connectivity index (χ0) is 17.9. The van der Waals surface area contributed by atoms with Gasteiger partial charge in [0, 0.05) is 49.9 Å². The molecule has 0 saturated carbocycles. The van der Waals surface area contributed by atoms with E-state index in [4.69, 9.17) is 0 Å². The Balaban J connectivity index is 1.48. The summed E-state index contributed by atoms with van der Waals surface area (Å²) in [6.07, 6.45) is 1.09. The number of hydrazone groups is 1. The maximum atomic E-state index is 4.61. The van der Waals surface area contributed by atoms with Crippen molar-refractivity contribution in [3.63, 3.8) is 0 Å². The van der Waals surface area contributed by atoms with Crippen LogP contribution in [-0.2, 0) is 6.54 Å². The number of nitrogens with one attached hydrogen (secondary N) is 1. The minimum Gasteiger partial charge on any atom is -0.367 e. The third-order valence-electron chi connectivity index (χ3n) is 5.65. The molecule has 2 unspecified atom stereocenters. The van der Waals surface area contributed by atoms with Gasteiger partial charge in [-0.05, 0) is 37.2 Å². The molecule has 1 fully saturated rings. The summed E-state index contributed by atoms with van der Waals surface area (Å²) in [5.41, 5.74) is 8.69. The zero-order valence-corrected chi connectivity index (χ0v) is 15.7. The minimum atomic E-state index is 0.311. The lowest BCUT2D eigenvalue weighted by Crippen LogP contribution is -2.39. The molecule has 0 aromatic heterocycles. The van der Waals surface area contributed by atoms with E-state index >= 15 is 0 Å². The Hall–Kier alpha value is -2.33. The molecule has 2 atom stereocenters. The largest absolute Gasteiger partial charge is 0.367 e. The lowest BCUT2D eigenvalue weighted by Gasteiger charge is -2.31. The van der Waals surface area contributed by atoms with E-state index in [9.17, 15) is 0 Å². The molecular formula is C22H28N4. The third kappa shape index (κ3) is 3.47. The first kappa shape index (κ1) is 17.1. The van der Waals surface area contributed by atoms with E-state index in [1.807, 2.05) is 0 Å². The smallest absolute Gasteiger partial charge is 0.0782 e. The van der Waals surface area contributed by atoms with Crippen molar-refractivity contribution in [3.8, 4) is 0 Å². The molecule has 0 amide bonds. The molecule has 4 heteroatoms. The fraction of sp³-hybridized carbons (Fsp3) is 0.409. The van der Waals surface area contributed by atoms with Crippen LogP contribution in [0.3, 0.4) is 0 Å². The van der Waals surface area contributed by atoms with Crippen LogP contribution < -0.4 is 10.3 Å². The summed E-state index contributed by atoms with van der Waals surface area (Å²) in [4.78, 5) is 4.83. The van der Waals surface area contributed by atoms with E-state index in [0.717, 1.165) is 32.6 Å². The second-order valence-corrected chi connectivity index (χ2v) is 7.42. The van der Waals surface area contributed by atoms with Crippen molar-refractivity contribution >= 4 is 11.4 Å². The number of piperidine rings is 1. The van der Waals surface area contributed by atoms with Gasteiger partial charge >= 0.3 is 0 Å². The molecule has 1 N–H and O–H groups in total. The van der Waals surface area contributed by atoms with Gasteiger partial charge in [-0.15, -0.1) is 0 Å². The first-order valence-electron chi connectivity index (χ1n) is 9.64. The van der Waals surface area contributed by atoms with Crippen LogP contribution in [0.4, 0.5) is 5.69 Å². The number of anilines is 1. The Labute approximate surface area is 156 Å². The van der Waals surface area contributed by atoms with E-state index in [2.05, 4.69) is 88.9 Å². The highest BCUT2D eigenvalue weighted by molar-refractivity contribution is 5.89. The van der Waals surface area contributed by atoms with E-state index in [1.165, 1.54) is 22.5 Å². The molecule has 2 aliphatic rings. The molecule has 4 nitrogen and oxygen atoms in total. The summed E-state index contributed by atoms with van der Waals surface area (Å²) >= 11 is 0. The number of hydrogen-bond acceptors (Lipinski definition) is 4. The average Bonchev–Trinajstić information content (AvgIpc) is 3.10. The van der Waals surface area contributed by atoms with Crippen LogP contribution in [0.5, 0.6) is 0 Å². The van der Waals surface area contributed by atoms with Gasteiger partial charge in [-0.2, -0.15) is 5.10 Å². The summed E-state index contributed by atoms with van der Waals surface area (Å²) < 4.78 is 0. The summed E-state index contributed by atoms with van der Waals surface area (Å²) in [6, 6.07) is 20.0. The molecule has 0 radical (unpaired) electrons. The normalized spacial score (nSPS) is 22.5. The number of likely N-dealkylation sites (tertiary alicyclic amines) is 1. The number of fused-ring (bicyclic) bond motifs is 1. The highest BCUT2D eigenvalue weighted by atomic mass is 15.3. The van der Waals surface area contributed by atoms with Crippen LogP contribution in [0.2, 0.25) is 0 Å². The second-order valence-electron chi connectivity index (χ2n) is 7.42. The van der Waals surface area contributed by atoms with Crippen LogP contribution in [0, 0.1) is 5.92 Å². The summed E-state index contributed by atoms with van der Waals surface area (Å²) in [6.45, 7) is 6.37. The lowest BCUT2D eigenvalue weighted by molar-refractivity contribution is 0.272. The zero-order valence-electron chi connectivity index (χ0n) is 15.7. The van der Waals surface area contributed by atoms with Crippen LogP contribution in [0.15, 0.2) is 59.7 Å². The van der Waals surface area contributed by atoms with Crippen LogP contribution in [-0.4, -0.2) is 37.3 Å². The molecule has 0 spiro atoms. The first-order valence-corrected chi connectivity index (χ1v) is 9.64. The standard InChI is InChI=1S/C22H28N4/c1-3-26(15-17-7-5-4-6-8-17)19-11-9-18(10-12-19)22-20-16-25(2)14-13-21(20)23-24-22/h4-12,20,22,24H,3,13-16H2,1-2H3. The van der Waals surface area contributed by atoms with Gasteiger partial charge in [0.25, 0.3) is 0 Å². The molecule has 136 valence electrons. The van der Waals surface area contributed by atoms with Gasteiger partial charge in [0.15, 0.2) is 0 Å². The molecule has 26 heavy (non-hydrogen) atoms. The Morgan fingerprint density at radius 3 is 2.62 bits per heavy atom. The maximum absolute atomic E-state index is 4.61. The molecule has 2 aromatic carbocycles. The highest BCUT2D eigenvalue weighted by Gasteiger charge is 2.35. The van der Waals surface area contributed by atoms with Crippen molar-refractivity contribution in [2.75, 3.05) is 31.6 Å². The molecule has 2 aliphatic heterocycles. The van der Waals surface area contributed by atoms with Gasteiger partial charge < -0.3 is 15.2 Å². The molecule has 1 saturated heterocycles. The first-order chi connectivity index (χ1) is 12.7. The topological polar surface area (TPSA) is 30.9 Å². The maximum Gasteiger partial charge on any atom is 0.0782 e. The Bertz CT molecular complexity index is 753. The molecule has 2 aromatic rings. The van der Waals surface area contributed by atoms with Gasteiger partial charge in [0.1, 0.15) is 0 Å². The van der Waals surface area contributed by atoms with Crippen LogP contribution in [0.1, 0.15) is 30.5 Å². The van der Waals surface area contributed by atoms with E-state index < -0.39 is 0 Å². The monoisotopic (exact) mass is 348 g/mol. The van der Waals surface area contributed by atoms with Crippen molar-refractivity contribution < 1.29 is 0 Å². The van der Waals surface area contributed by atoms with Gasteiger partial charge in [-0.1, -0.05) is 42.5 Å². The Kier molecular flexibility index (Phi) is 4.93. The summed E-state index contributed by atoms with van der Waals surface area (Å²) in [5.74, 6) is 0.506. The number of nitrogens with zero attached hydrogens (tertiary/aromatic N) is 3. The van der Waals surface area contributed by atoms with E-state index in [1.54, 1.807) is 0 Å². The molecule has 0 bridgehead atoms. The molecule has 2 heterocycles. The predicted octanol–water partition coefficient (Wildman–Crippen LogP) is 3.67. The quantitative estimate of drug-likeness (QED) is 0.894. The van der Waals surface area contributed by atoms with Crippen molar-refractivity contribution in [1.82, 2.24) is 10.3 Å². The Morgan fingerprint density at radius 2 is 1.88 bits per heavy atom.